The molecule has 0 bridgehead atoms. The zero-order valence-corrected chi connectivity index (χ0v) is 11.7. The topological polar surface area (TPSA) is 80.3 Å². The van der Waals surface area contributed by atoms with Gasteiger partial charge in [-0.1, -0.05) is 48.5 Å². The molecule has 0 fully saturated rings. The van der Waals surface area contributed by atoms with Gasteiger partial charge in [-0.3, -0.25) is 0 Å². The van der Waals surface area contributed by atoms with E-state index in [9.17, 15) is 19.8 Å². The Bertz CT molecular complexity index is 821. The molecule has 0 aromatic heterocycles. The summed E-state index contributed by atoms with van der Waals surface area (Å²) in [6, 6.07) is 14.8. The van der Waals surface area contributed by atoms with Gasteiger partial charge in [0.2, 0.25) is 0 Å². The third-order valence-corrected chi connectivity index (χ3v) is 3.80. The number of carboxylic acids is 2. The SMILES string of the molecule is O=C([O-])Cc1c(CC(=O)[O-])c2ccccc2c2ccccc12. The first-order valence-corrected chi connectivity index (χ1v) is 6.89. The van der Waals surface area contributed by atoms with E-state index < -0.39 is 11.9 Å². The Morgan fingerprint density at radius 3 is 1.27 bits per heavy atom. The zero-order chi connectivity index (χ0) is 15.7. The summed E-state index contributed by atoms with van der Waals surface area (Å²) < 4.78 is 0. The van der Waals surface area contributed by atoms with Crippen LogP contribution in [-0.2, 0) is 22.4 Å². The molecule has 0 aliphatic carbocycles. The van der Waals surface area contributed by atoms with E-state index in [1.165, 1.54) is 0 Å². The van der Waals surface area contributed by atoms with E-state index in [-0.39, 0.29) is 12.8 Å². The lowest BCUT2D eigenvalue weighted by Crippen LogP contribution is -2.28. The number of carboxylic acid groups (broad SMARTS) is 2. The number of rotatable bonds is 4. The zero-order valence-electron chi connectivity index (χ0n) is 11.7. The highest BCUT2D eigenvalue weighted by molar-refractivity contribution is 6.12. The van der Waals surface area contributed by atoms with Crippen molar-refractivity contribution in [2.24, 2.45) is 0 Å². The summed E-state index contributed by atoms with van der Waals surface area (Å²) in [4.78, 5) is 22.2. The Balaban J connectivity index is 2.48. The van der Waals surface area contributed by atoms with E-state index in [0.29, 0.717) is 11.1 Å². The van der Waals surface area contributed by atoms with Crippen LogP contribution in [0.5, 0.6) is 0 Å². The fourth-order valence-corrected chi connectivity index (χ4v) is 2.98. The van der Waals surface area contributed by atoms with E-state index in [1.54, 1.807) is 24.3 Å². The van der Waals surface area contributed by atoms with Gasteiger partial charge in [0, 0.05) is 24.8 Å². The van der Waals surface area contributed by atoms with Crippen molar-refractivity contribution in [3.05, 3.63) is 59.7 Å². The molecule has 0 aliphatic heterocycles. The maximum atomic E-state index is 11.1. The van der Waals surface area contributed by atoms with Crippen molar-refractivity contribution in [3.63, 3.8) is 0 Å². The van der Waals surface area contributed by atoms with Crippen LogP contribution in [-0.4, -0.2) is 11.9 Å². The molecule has 4 heteroatoms. The summed E-state index contributed by atoms with van der Waals surface area (Å²) in [5.74, 6) is -2.47. The molecule has 3 rings (SSSR count). The largest absolute Gasteiger partial charge is 0.550 e. The number of hydrogen-bond acceptors (Lipinski definition) is 4. The highest BCUT2D eigenvalue weighted by atomic mass is 16.4. The molecule has 0 saturated heterocycles. The summed E-state index contributed by atoms with van der Waals surface area (Å²) in [5, 5.41) is 25.5. The van der Waals surface area contributed by atoms with Crippen molar-refractivity contribution in [2.45, 2.75) is 12.8 Å². The van der Waals surface area contributed by atoms with Crippen molar-refractivity contribution >= 4 is 33.5 Å². The molecule has 0 saturated carbocycles. The van der Waals surface area contributed by atoms with Crippen LogP contribution in [0.2, 0.25) is 0 Å². The van der Waals surface area contributed by atoms with Crippen LogP contribution >= 0.6 is 0 Å². The van der Waals surface area contributed by atoms with Gasteiger partial charge in [-0.15, -0.1) is 0 Å². The molecule has 0 aliphatic rings. The summed E-state index contributed by atoms with van der Waals surface area (Å²) in [7, 11) is 0. The van der Waals surface area contributed by atoms with E-state index in [0.717, 1.165) is 21.5 Å². The molecular formula is C18H12O4-2. The maximum Gasteiger partial charge on any atom is 0.0458 e. The van der Waals surface area contributed by atoms with E-state index in [4.69, 9.17) is 0 Å². The van der Waals surface area contributed by atoms with Gasteiger partial charge in [0.1, 0.15) is 0 Å². The molecule has 0 radical (unpaired) electrons. The molecule has 3 aromatic rings. The van der Waals surface area contributed by atoms with Crippen molar-refractivity contribution < 1.29 is 19.8 Å². The molecule has 0 heterocycles. The quantitative estimate of drug-likeness (QED) is 0.659. The normalized spacial score (nSPS) is 10.9. The minimum Gasteiger partial charge on any atom is -0.550 e. The Morgan fingerprint density at radius 2 is 0.955 bits per heavy atom. The third kappa shape index (κ3) is 2.39. The minimum atomic E-state index is -1.24. The lowest BCUT2D eigenvalue weighted by Gasteiger charge is -2.18. The number of benzene rings is 3. The fourth-order valence-electron chi connectivity index (χ4n) is 2.98. The van der Waals surface area contributed by atoms with E-state index >= 15 is 0 Å². The molecular weight excluding hydrogens is 280 g/mol. The second-order valence-corrected chi connectivity index (χ2v) is 5.15. The molecule has 4 nitrogen and oxygen atoms in total. The van der Waals surface area contributed by atoms with Crippen molar-refractivity contribution in [1.82, 2.24) is 0 Å². The highest BCUT2D eigenvalue weighted by Crippen LogP contribution is 2.33. The average molecular weight is 292 g/mol. The van der Waals surface area contributed by atoms with E-state index in [1.807, 2.05) is 24.3 Å². The number of carbonyl (C=O) groups excluding carboxylic acids is 2. The lowest BCUT2D eigenvalue weighted by atomic mass is 9.89. The summed E-state index contributed by atoms with van der Waals surface area (Å²) >= 11 is 0. The number of hydrogen-bond donors (Lipinski definition) is 0. The maximum absolute atomic E-state index is 11.1. The Labute approximate surface area is 126 Å². The van der Waals surface area contributed by atoms with Gasteiger partial charge in [-0.05, 0) is 32.7 Å². The minimum absolute atomic E-state index is 0.325. The second kappa shape index (κ2) is 5.48. The van der Waals surface area contributed by atoms with Crippen molar-refractivity contribution in [1.29, 1.82) is 0 Å². The predicted octanol–water partition coefficient (Wildman–Crippen LogP) is 0.578. The first-order chi connectivity index (χ1) is 10.6. The fraction of sp³-hybridized carbons (Fsp3) is 0.111. The number of fused-ring (bicyclic) bond motifs is 3. The van der Waals surface area contributed by atoms with Crippen LogP contribution < -0.4 is 10.2 Å². The standard InChI is InChI=1S/C18H14O4/c19-17(20)9-15-13-7-3-1-5-11(13)12-6-2-4-8-14(12)16(15)10-18(21)22/h1-8H,9-10H2,(H,19,20)(H,21,22)/p-2. The van der Waals surface area contributed by atoms with E-state index in [2.05, 4.69) is 0 Å². The van der Waals surface area contributed by atoms with Gasteiger partial charge >= 0.3 is 0 Å². The van der Waals surface area contributed by atoms with Crippen molar-refractivity contribution in [2.75, 3.05) is 0 Å². The molecule has 3 aromatic carbocycles. The summed E-state index contributed by atoms with van der Waals surface area (Å²) in [6.45, 7) is 0. The number of carbonyl (C=O) groups is 2. The van der Waals surface area contributed by atoms with Crippen LogP contribution in [0.1, 0.15) is 11.1 Å². The smallest absolute Gasteiger partial charge is 0.0458 e. The van der Waals surface area contributed by atoms with Gasteiger partial charge in [0.25, 0.3) is 0 Å². The Morgan fingerprint density at radius 1 is 0.636 bits per heavy atom. The first-order valence-electron chi connectivity index (χ1n) is 6.89. The molecule has 0 unspecified atom stereocenters. The lowest BCUT2D eigenvalue weighted by molar-refractivity contribution is -0.306. The molecule has 110 valence electrons. The number of aliphatic carboxylic acids is 2. The molecule has 0 atom stereocenters. The van der Waals surface area contributed by atoms with Crippen LogP contribution in [0.3, 0.4) is 0 Å². The monoisotopic (exact) mass is 292 g/mol. The van der Waals surface area contributed by atoms with Crippen molar-refractivity contribution in [3.8, 4) is 0 Å². The Kier molecular flexibility index (Phi) is 3.51. The third-order valence-electron chi connectivity index (χ3n) is 3.80. The molecule has 22 heavy (non-hydrogen) atoms. The van der Waals surface area contributed by atoms with Gasteiger partial charge in [0.15, 0.2) is 0 Å². The van der Waals surface area contributed by atoms with Gasteiger partial charge in [-0.25, -0.2) is 0 Å². The second-order valence-electron chi connectivity index (χ2n) is 5.15. The molecule has 0 amide bonds. The first kappa shape index (κ1) is 14.1. The highest BCUT2D eigenvalue weighted by Gasteiger charge is 2.14. The molecule has 0 N–H and O–H groups in total. The predicted molar refractivity (Wildman–Crippen MR) is 78.9 cm³/mol. The van der Waals surface area contributed by atoms with Gasteiger partial charge in [0.05, 0.1) is 0 Å². The van der Waals surface area contributed by atoms with Gasteiger partial charge < -0.3 is 19.8 Å². The summed E-state index contributed by atoms with van der Waals surface area (Å²) in [5.41, 5.74) is 0.969. The van der Waals surface area contributed by atoms with Crippen LogP contribution in [0.25, 0.3) is 21.5 Å². The van der Waals surface area contributed by atoms with Gasteiger partial charge in [-0.2, -0.15) is 0 Å². The Hall–Kier alpha value is -2.88. The van der Waals surface area contributed by atoms with Crippen LogP contribution in [0.15, 0.2) is 48.5 Å². The average Bonchev–Trinajstić information content (AvgIpc) is 2.50. The summed E-state index contributed by atoms with van der Waals surface area (Å²) in [6.07, 6.45) is -0.651. The molecule has 0 spiro atoms. The van der Waals surface area contributed by atoms with Crippen LogP contribution in [0, 0.1) is 0 Å². The van der Waals surface area contributed by atoms with Crippen LogP contribution in [0.4, 0.5) is 0 Å².